The Morgan fingerprint density at radius 1 is 1.22 bits per heavy atom. The van der Waals surface area contributed by atoms with E-state index < -0.39 is 74.6 Å². The quantitative estimate of drug-likeness (QED) is 0.356. The maximum Gasteiger partial charge on any atom is 0.355 e. The zero-order valence-corrected chi connectivity index (χ0v) is 22.5. The van der Waals surface area contributed by atoms with Gasteiger partial charge >= 0.3 is 5.97 Å². The van der Waals surface area contributed by atoms with Gasteiger partial charge in [0.2, 0.25) is 0 Å². The number of aryl methyl sites for hydroxylation is 1. The monoisotopic (exact) mass is 521 g/mol. The van der Waals surface area contributed by atoms with Crippen LogP contribution in [0.1, 0.15) is 64.4 Å². The molecule has 2 aliphatic heterocycles. The third kappa shape index (κ3) is 1.92. The summed E-state index contributed by atoms with van der Waals surface area (Å²) in [5, 5.41) is 63.0. The SMILES string of the molecule is CO[C@@]12C[C@@]3(C)[C@@]4(O)CC[C@H](C)[C@@H](O)[C@]4(O1)[C@]1(O)[C@@]3(O)[C@H](OC(=O)c3cccn3C)[C@](O)(C(C)C)[C@@]21C. The Kier molecular flexibility index (Phi) is 4.59. The van der Waals surface area contributed by atoms with E-state index >= 15 is 0 Å². The number of aliphatic hydroxyl groups excluding tert-OH is 1. The molecule has 4 aliphatic carbocycles. The van der Waals surface area contributed by atoms with Crippen molar-refractivity contribution >= 4 is 5.97 Å². The van der Waals surface area contributed by atoms with Crippen LogP contribution < -0.4 is 0 Å². The van der Waals surface area contributed by atoms with Crippen LogP contribution in [0, 0.1) is 22.7 Å². The lowest BCUT2D eigenvalue weighted by atomic mass is 9.52. The highest BCUT2D eigenvalue weighted by atomic mass is 16.7. The largest absolute Gasteiger partial charge is 0.451 e. The third-order valence-corrected chi connectivity index (χ3v) is 11.9. The molecule has 0 amide bonds. The summed E-state index contributed by atoms with van der Waals surface area (Å²) in [5.74, 6) is -3.58. The van der Waals surface area contributed by atoms with Gasteiger partial charge in [-0.05, 0) is 43.7 Å². The summed E-state index contributed by atoms with van der Waals surface area (Å²) in [7, 11) is 3.06. The standard InChI is InChI=1S/C27H39NO9/c1-14(2)24(32)19(36-18(30)16-9-8-12-28(16)6)25(33)20(4)13-23(35-7)21(24,5)27(25,34)26(37-23)17(29)15(3)10-11-22(20,26)31/h8-9,12,14-15,17,19,29,31-34H,10-11,13H2,1-7H3/t15-,17+,19+,20-,21+,22-,23-,24+,25+,26+,27+/m0/s1. The van der Waals surface area contributed by atoms with Gasteiger partial charge in [-0.1, -0.05) is 27.7 Å². The van der Waals surface area contributed by atoms with Crippen molar-refractivity contribution in [3.8, 4) is 0 Å². The topological polar surface area (TPSA) is 151 Å². The number of ether oxygens (including phenoxy) is 3. The predicted octanol–water partition coefficient (Wildman–Crippen LogP) is 0.477. The molecule has 3 heterocycles. The minimum absolute atomic E-state index is 0.0988. The molecule has 6 aliphatic rings. The summed E-state index contributed by atoms with van der Waals surface area (Å²) in [5.41, 5.74) is -14.2. The molecule has 1 aromatic heterocycles. The molecule has 6 fully saturated rings. The molecule has 10 heteroatoms. The average Bonchev–Trinajstić information content (AvgIpc) is 3.38. The van der Waals surface area contributed by atoms with E-state index in [1.54, 1.807) is 64.6 Å². The lowest BCUT2D eigenvalue weighted by Gasteiger charge is -2.61. The Morgan fingerprint density at radius 3 is 2.41 bits per heavy atom. The Hall–Kier alpha value is -1.53. The zero-order valence-electron chi connectivity index (χ0n) is 22.5. The molecular weight excluding hydrogens is 482 g/mol. The lowest BCUT2D eigenvalue weighted by molar-refractivity contribution is -0.396. The second kappa shape index (κ2) is 6.60. The van der Waals surface area contributed by atoms with E-state index in [4.69, 9.17) is 14.2 Å². The first kappa shape index (κ1) is 25.7. The maximum atomic E-state index is 13.5. The maximum absolute atomic E-state index is 13.5. The third-order valence-electron chi connectivity index (χ3n) is 11.9. The molecule has 1 aromatic rings. The molecule has 1 spiro atoms. The molecule has 0 radical (unpaired) electrons. The van der Waals surface area contributed by atoms with Gasteiger partial charge < -0.3 is 44.3 Å². The van der Waals surface area contributed by atoms with Crippen molar-refractivity contribution in [2.45, 2.75) is 99.9 Å². The first-order valence-corrected chi connectivity index (χ1v) is 13.1. The fraction of sp³-hybridized carbons (Fsp3) is 0.815. The summed E-state index contributed by atoms with van der Waals surface area (Å²) in [6, 6.07) is 3.23. The van der Waals surface area contributed by atoms with Gasteiger partial charge in [0.1, 0.15) is 28.1 Å². The van der Waals surface area contributed by atoms with Gasteiger partial charge in [-0.2, -0.15) is 0 Å². The summed E-state index contributed by atoms with van der Waals surface area (Å²) in [6.45, 7) is 8.39. The highest BCUT2D eigenvalue weighted by Gasteiger charge is 3.10. The number of aliphatic hydroxyl groups is 5. The molecule has 7 rings (SSSR count). The van der Waals surface area contributed by atoms with E-state index in [2.05, 4.69) is 0 Å². The summed E-state index contributed by atoms with van der Waals surface area (Å²) in [6.07, 6.45) is -0.968. The molecular formula is C27H39NO9. The molecule has 6 bridgehead atoms. The molecule has 0 aromatic carbocycles. The molecule has 10 nitrogen and oxygen atoms in total. The second-order valence-corrected chi connectivity index (χ2v) is 13.0. The smallest absolute Gasteiger partial charge is 0.355 e. The van der Waals surface area contributed by atoms with Crippen LogP contribution in [0.5, 0.6) is 0 Å². The van der Waals surface area contributed by atoms with Crippen molar-refractivity contribution in [1.82, 2.24) is 4.57 Å². The molecule has 206 valence electrons. The van der Waals surface area contributed by atoms with Crippen LogP contribution in [0.15, 0.2) is 18.3 Å². The van der Waals surface area contributed by atoms with Crippen LogP contribution in [0.3, 0.4) is 0 Å². The highest BCUT2D eigenvalue weighted by Crippen LogP contribution is 2.91. The Balaban J connectivity index is 1.70. The predicted molar refractivity (Wildman–Crippen MR) is 128 cm³/mol. The minimum Gasteiger partial charge on any atom is -0.451 e. The van der Waals surface area contributed by atoms with Crippen LogP contribution in [0.25, 0.3) is 0 Å². The molecule has 4 saturated carbocycles. The number of rotatable bonds is 4. The minimum atomic E-state index is -2.46. The summed E-state index contributed by atoms with van der Waals surface area (Å²) in [4.78, 5) is 13.5. The van der Waals surface area contributed by atoms with Crippen LogP contribution in [-0.2, 0) is 21.3 Å². The van der Waals surface area contributed by atoms with Crippen molar-refractivity contribution in [3.63, 3.8) is 0 Å². The molecule has 2 saturated heterocycles. The van der Waals surface area contributed by atoms with E-state index in [-0.39, 0.29) is 18.5 Å². The normalized spacial score (nSPS) is 57.3. The fourth-order valence-corrected chi connectivity index (χ4v) is 10.1. The van der Waals surface area contributed by atoms with Crippen molar-refractivity contribution in [3.05, 3.63) is 24.0 Å². The van der Waals surface area contributed by atoms with E-state index in [0.29, 0.717) is 6.42 Å². The number of hydrogen-bond acceptors (Lipinski definition) is 9. The second-order valence-electron chi connectivity index (χ2n) is 13.0. The van der Waals surface area contributed by atoms with Crippen LogP contribution in [-0.4, -0.2) is 89.2 Å². The number of carbonyl (C=O) groups is 1. The Morgan fingerprint density at radius 2 is 1.86 bits per heavy atom. The molecule has 5 N–H and O–H groups in total. The number of aromatic nitrogens is 1. The van der Waals surface area contributed by atoms with Gasteiger partial charge in [0, 0.05) is 32.2 Å². The number of esters is 1. The molecule has 11 atom stereocenters. The van der Waals surface area contributed by atoms with Gasteiger partial charge in [-0.25, -0.2) is 4.79 Å². The number of nitrogens with zero attached hydrogens (tertiary/aromatic N) is 1. The fourth-order valence-electron chi connectivity index (χ4n) is 10.1. The van der Waals surface area contributed by atoms with E-state index in [0.717, 1.165) is 0 Å². The summed E-state index contributed by atoms with van der Waals surface area (Å²) >= 11 is 0. The molecule has 0 unspecified atom stereocenters. The first-order valence-electron chi connectivity index (χ1n) is 13.1. The Bertz CT molecular complexity index is 1200. The van der Waals surface area contributed by atoms with Gasteiger partial charge in [0.15, 0.2) is 17.5 Å². The first-order chi connectivity index (χ1) is 17.0. The molecule has 37 heavy (non-hydrogen) atoms. The summed E-state index contributed by atoms with van der Waals surface area (Å²) < 4.78 is 20.2. The van der Waals surface area contributed by atoms with E-state index in [1.165, 1.54) is 7.11 Å². The number of carbonyl (C=O) groups excluding carboxylic acids is 1. The van der Waals surface area contributed by atoms with Crippen LogP contribution in [0.2, 0.25) is 0 Å². The van der Waals surface area contributed by atoms with Crippen molar-refractivity contribution in [2.24, 2.45) is 29.7 Å². The van der Waals surface area contributed by atoms with Crippen molar-refractivity contribution in [1.29, 1.82) is 0 Å². The van der Waals surface area contributed by atoms with E-state index in [9.17, 15) is 30.3 Å². The lowest BCUT2D eigenvalue weighted by Crippen LogP contribution is -2.75. The number of methoxy groups -OCH3 is 1. The van der Waals surface area contributed by atoms with E-state index in [1.807, 2.05) is 0 Å². The zero-order chi connectivity index (χ0) is 27.4. The van der Waals surface area contributed by atoms with Crippen molar-refractivity contribution in [2.75, 3.05) is 7.11 Å². The van der Waals surface area contributed by atoms with Gasteiger partial charge in [-0.15, -0.1) is 0 Å². The Labute approximate surface area is 216 Å². The average molecular weight is 522 g/mol. The van der Waals surface area contributed by atoms with Gasteiger partial charge in [0.05, 0.1) is 11.5 Å². The van der Waals surface area contributed by atoms with Crippen LogP contribution >= 0.6 is 0 Å². The van der Waals surface area contributed by atoms with Gasteiger partial charge in [0.25, 0.3) is 0 Å². The van der Waals surface area contributed by atoms with Crippen molar-refractivity contribution < 1.29 is 44.5 Å². The number of hydrogen-bond donors (Lipinski definition) is 5. The highest BCUT2D eigenvalue weighted by molar-refractivity contribution is 5.88. The van der Waals surface area contributed by atoms with Gasteiger partial charge in [-0.3, -0.25) is 0 Å². The van der Waals surface area contributed by atoms with Crippen LogP contribution in [0.4, 0.5) is 0 Å².